The predicted molar refractivity (Wildman–Crippen MR) is 123 cm³/mol. The number of aromatic nitrogens is 2. The van der Waals surface area contributed by atoms with Gasteiger partial charge in [-0.1, -0.05) is 48.0 Å². The van der Waals surface area contributed by atoms with Crippen LogP contribution in [0.4, 0.5) is 0 Å². The van der Waals surface area contributed by atoms with Gasteiger partial charge in [0, 0.05) is 24.9 Å². The number of hydrogen-bond donors (Lipinski definition) is 1. The normalized spacial score (nSPS) is 19.6. The van der Waals surface area contributed by atoms with E-state index in [0.29, 0.717) is 11.8 Å². The topological polar surface area (TPSA) is 50.2 Å². The minimum Gasteiger partial charge on any atom is -0.338 e. The Labute approximate surface area is 184 Å². The Morgan fingerprint density at radius 2 is 1.71 bits per heavy atom. The fraction of sp³-hybridized carbons (Fsp3) is 0.385. The summed E-state index contributed by atoms with van der Waals surface area (Å²) in [7, 11) is 0. The molecule has 0 unspecified atom stereocenters. The molecule has 3 aromatic rings. The van der Waals surface area contributed by atoms with Crippen molar-refractivity contribution in [1.82, 2.24) is 20.0 Å². The molecule has 160 valence electrons. The number of piperidine rings is 1. The van der Waals surface area contributed by atoms with E-state index in [1.807, 2.05) is 15.6 Å². The highest BCUT2D eigenvalue weighted by atomic mass is 16.2. The number of amides is 1. The molecule has 1 N–H and O–H groups in total. The van der Waals surface area contributed by atoms with E-state index < -0.39 is 0 Å². The average Bonchev–Trinajstić information content (AvgIpc) is 3.48. The van der Waals surface area contributed by atoms with Crippen LogP contribution >= 0.6 is 0 Å². The molecular weight excluding hydrogens is 384 g/mol. The maximum atomic E-state index is 13.6. The number of likely N-dealkylation sites (tertiary alicyclic amines) is 1. The number of benzene rings is 2. The van der Waals surface area contributed by atoms with Gasteiger partial charge in [0.05, 0.1) is 23.1 Å². The van der Waals surface area contributed by atoms with Crippen molar-refractivity contribution in [2.75, 3.05) is 26.2 Å². The van der Waals surface area contributed by atoms with Crippen LogP contribution in [0.5, 0.6) is 0 Å². The van der Waals surface area contributed by atoms with Gasteiger partial charge < -0.3 is 10.2 Å². The lowest BCUT2D eigenvalue weighted by Crippen LogP contribution is -2.32. The van der Waals surface area contributed by atoms with E-state index in [1.54, 1.807) is 6.20 Å². The molecule has 0 spiro atoms. The van der Waals surface area contributed by atoms with Crippen molar-refractivity contribution in [2.24, 2.45) is 0 Å². The molecular formula is C26H30N4O. The molecule has 31 heavy (non-hydrogen) atoms. The molecule has 1 amide bonds. The Kier molecular flexibility index (Phi) is 5.60. The summed E-state index contributed by atoms with van der Waals surface area (Å²) in [6, 6.07) is 19.0. The van der Waals surface area contributed by atoms with Crippen molar-refractivity contribution in [3.8, 4) is 5.69 Å². The van der Waals surface area contributed by atoms with Crippen molar-refractivity contribution < 1.29 is 4.79 Å². The average molecular weight is 415 g/mol. The largest absolute Gasteiger partial charge is 0.338 e. The summed E-state index contributed by atoms with van der Waals surface area (Å²) in [6.07, 6.45) is 4.88. The zero-order valence-corrected chi connectivity index (χ0v) is 18.1. The first kappa shape index (κ1) is 20.0. The third kappa shape index (κ3) is 4.02. The highest BCUT2D eigenvalue weighted by Gasteiger charge is 2.33. The van der Waals surface area contributed by atoms with Crippen LogP contribution in [0.3, 0.4) is 0 Å². The second-order valence-corrected chi connectivity index (χ2v) is 8.86. The Morgan fingerprint density at radius 1 is 0.968 bits per heavy atom. The molecule has 1 atom stereocenters. The number of nitrogens with one attached hydrogen (secondary N) is 1. The van der Waals surface area contributed by atoms with Gasteiger partial charge in [0.25, 0.3) is 5.91 Å². The molecule has 0 bridgehead atoms. The van der Waals surface area contributed by atoms with Crippen molar-refractivity contribution in [3.63, 3.8) is 0 Å². The quantitative estimate of drug-likeness (QED) is 0.693. The summed E-state index contributed by atoms with van der Waals surface area (Å²) in [5, 5.41) is 8.16. The monoisotopic (exact) mass is 414 g/mol. The van der Waals surface area contributed by atoms with E-state index in [2.05, 4.69) is 60.8 Å². The molecule has 0 radical (unpaired) electrons. The van der Waals surface area contributed by atoms with Gasteiger partial charge in [-0.3, -0.25) is 4.79 Å². The molecule has 5 rings (SSSR count). The van der Waals surface area contributed by atoms with Crippen LogP contribution in [0.2, 0.25) is 0 Å². The lowest BCUT2D eigenvalue weighted by atomic mass is 9.91. The molecule has 2 fully saturated rings. The highest BCUT2D eigenvalue weighted by Crippen LogP contribution is 2.33. The molecule has 2 aromatic carbocycles. The van der Waals surface area contributed by atoms with Gasteiger partial charge in [-0.25, -0.2) is 4.68 Å². The maximum absolute atomic E-state index is 13.6. The lowest BCUT2D eigenvalue weighted by Gasteiger charge is -2.26. The first-order valence-electron chi connectivity index (χ1n) is 11.4. The SMILES string of the molecule is Cc1ccc(-n2ncc(C(=O)N3CC[C@H](c4ccccc4)C3)c2C2CCNCC2)cc1. The predicted octanol–water partition coefficient (Wildman–Crippen LogP) is 4.28. The van der Waals surface area contributed by atoms with Crippen molar-refractivity contribution >= 4 is 5.91 Å². The van der Waals surface area contributed by atoms with Crippen LogP contribution in [0.1, 0.15) is 58.3 Å². The van der Waals surface area contributed by atoms with Crippen molar-refractivity contribution in [3.05, 3.63) is 83.2 Å². The van der Waals surface area contributed by atoms with E-state index in [-0.39, 0.29) is 5.91 Å². The number of carbonyl (C=O) groups excluding carboxylic acids is 1. The first-order valence-corrected chi connectivity index (χ1v) is 11.4. The maximum Gasteiger partial charge on any atom is 0.257 e. The summed E-state index contributed by atoms with van der Waals surface area (Å²) in [5.74, 6) is 0.890. The molecule has 0 aliphatic carbocycles. The van der Waals surface area contributed by atoms with Crippen LogP contribution < -0.4 is 5.32 Å². The molecule has 2 aliphatic heterocycles. The van der Waals surface area contributed by atoms with E-state index in [0.717, 1.165) is 62.4 Å². The van der Waals surface area contributed by atoms with Crippen LogP contribution in [0, 0.1) is 6.92 Å². The van der Waals surface area contributed by atoms with Gasteiger partial charge in [-0.2, -0.15) is 5.10 Å². The highest BCUT2D eigenvalue weighted by molar-refractivity contribution is 5.95. The van der Waals surface area contributed by atoms with Crippen LogP contribution in [-0.4, -0.2) is 46.8 Å². The molecule has 2 saturated heterocycles. The standard InChI is InChI=1S/C26H30N4O/c1-19-7-9-23(10-8-19)30-25(21-11-14-27-15-12-21)24(17-28-30)26(31)29-16-13-22(18-29)20-5-3-2-4-6-20/h2-10,17,21-22,27H,11-16,18H2,1H3/t22-/m0/s1. The second kappa shape index (κ2) is 8.67. The molecule has 5 nitrogen and oxygen atoms in total. The van der Waals surface area contributed by atoms with Gasteiger partial charge in [-0.05, 0) is 57.0 Å². The fourth-order valence-electron chi connectivity index (χ4n) is 5.01. The van der Waals surface area contributed by atoms with E-state index in [1.165, 1.54) is 11.1 Å². The molecule has 3 heterocycles. The fourth-order valence-corrected chi connectivity index (χ4v) is 5.01. The minimum atomic E-state index is 0.130. The first-order chi connectivity index (χ1) is 15.2. The minimum absolute atomic E-state index is 0.130. The third-order valence-electron chi connectivity index (χ3n) is 6.79. The van der Waals surface area contributed by atoms with E-state index in [9.17, 15) is 4.79 Å². The number of nitrogens with zero attached hydrogens (tertiary/aromatic N) is 3. The van der Waals surface area contributed by atoms with Gasteiger partial charge in [-0.15, -0.1) is 0 Å². The van der Waals surface area contributed by atoms with Crippen molar-refractivity contribution in [2.45, 2.75) is 38.0 Å². The van der Waals surface area contributed by atoms with Crippen LogP contribution in [0.25, 0.3) is 5.69 Å². The summed E-state index contributed by atoms with van der Waals surface area (Å²) < 4.78 is 2.01. The number of carbonyl (C=O) groups is 1. The number of hydrogen-bond acceptors (Lipinski definition) is 3. The Morgan fingerprint density at radius 3 is 2.45 bits per heavy atom. The zero-order valence-electron chi connectivity index (χ0n) is 18.1. The van der Waals surface area contributed by atoms with Gasteiger partial charge in [0.15, 0.2) is 0 Å². The zero-order chi connectivity index (χ0) is 21.2. The molecule has 0 saturated carbocycles. The number of aryl methyl sites for hydroxylation is 1. The van der Waals surface area contributed by atoms with E-state index >= 15 is 0 Å². The van der Waals surface area contributed by atoms with Crippen LogP contribution in [-0.2, 0) is 0 Å². The van der Waals surface area contributed by atoms with E-state index in [4.69, 9.17) is 5.10 Å². The number of rotatable bonds is 4. The molecule has 1 aromatic heterocycles. The molecule has 5 heteroatoms. The summed E-state index contributed by atoms with van der Waals surface area (Å²) in [5.41, 5.74) is 5.44. The Hall–Kier alpha value is -2.92. The Balaban J connectivity index is 1.45. The van der Waals surface area contributed by atoms with Gasteiger partial charge in [0.1, 0.15) is 0 Å². The lowest BCUT2D eigenvalue weighted by molar-refractivity contribution is 0.0788. The van der Waals surface area contributed by atoms with Gasteiger partial charge in [0.2, 0.25) is 0 Å². The van der Waals surface area contributed by atoms with Crippen molar-refractivity contribution in [1.29, 1.82) is 0 Å². The second-order valence-electron chi connectivity index (χ2n) is 8.86. The van der Waals surface area contributed by atoms with Gasteiger partial charge >= 0.3 is 0 Å². The molecule has 2 aliphatic rings. The Bertz CT molecular complexity index is 1040. The summed E-state index contributed by atoms with van der Waals surface area (Å²) in [6.45, 7) is 5.64. The summed E-state index contributed by atoms with van der Waals surface area (Å²) >= 11 is 0. The smallest absolute Gasteiger partial charge is 0.257 e. The third-order valence-corrected chi connectivity index (χ3v) is 6.79. The summed E-state index contributed by atoms with van der Waals surface area (Å²) in [4.78, 5) is 15.7. The van der Waals surface area contributed by atoms with Crippen LogP contribution in [0.15, 0.2) is 60.8 Å².